The Labute approximate surface area is 94.0 Å². The Morgan fingerprint density at radius 3 is 2.73 bits per heavy atom. The molecule has 88 valence electrons. The molecule has 2 aliphatic rings. The van der Waals surface area contributed by atoms with E-state index in [1.54, 1.807) is 0 Å². The first-order valence-electron chi connectivity index (χ1n) is 6.64. The summed E-state index contributed by atoms with van der Waals surface area (Å²) in [5.41, 5.74) is 0. The fraction of sp³-hybridized carbons (Fsp3) is 1.00. The Morgan fingerprint density at radius 2 is 2.00 bits per heavy atom. The lowest BCUT2D eigenvalue weighted by Crippen LogP contribution is -2.36. The second-order valence-electron chi connectivity index (χ2n) is 5.39. The van der Waals surface area contributed by atoms with Crippen molar-refractivity contribution in [3.05, 3.63) is 0 Å². The van der Waals surface area contributed by atoms with Gasteiger partial charge in [-0.25, -0.2) is 0 Å². The van der Waals surface area contributed by atoms with Crippen LogP contribution in [-0.2, 0) is 4.74 Å². The number of hydrogen-bond donors (Lipinski definition) is 0. The van der Waals surface area contributed by atoms with E-state index in [2.05, 4.69) is 11.8 Å². The summed E-state index contributed by atoms with van der Waals surface area (Å²) in [5, 5.41) is 0. The molecule has 2 fully saturated rings. The van der Waals surface area contributed by atoms with Crippen molar-refractivity contribution < 1.29 is 4.74 Å². The van der Waals surface area contributed by atoms with Gasteiger partial charge in [0.25, 0.3) is 0 Å². The molecule has 0 bridgehead atoms. The molecule has 0 aliphatic carbocycles. The van der Waals surface area contributed by atoms with Crippen LogP contribution in [0.5, 0.6) is 0 Å². The van der Waals surface area contributed by atoms with Crippen molar-refractivity contribution in [2.24, 2.45) is 11.8 Å². The van der Waals surface area contributed by atoms with Gasteiger partial charge in [-0.3, -0.25) is 0 Å². The van der Waals surface area contributed by atoms with Crippen LogP contribution in [0.1, 0.15) is 39.0 Å². The van der Waals surface area contributed by atoms with Gasteiger partial charge >= 0.3 is 0 Å². The zero-order valence-corrected chi connectivity index (χ0v) is 10.1. The van der Waals surface area contributed by atoms with Crippen molar-refractivity contribution in [3.63, 3.8) is 0 Å². The molecule has 0 aromatic rings. The molecule has 0 N–H and O–H groups in total. The Morgan fingerprint density at radius 1 is 1.20 bits per heavy atom. The largest absolute Gasteiger partial charge is 0.381 e. The van der Waals surface area contributed by atoms with Gasteiger partial charge < -0.3 is 9.64 Å². The predicted octanol–water partition coefficient (Wildman–Crippen LogP) is 2.54. The Kier molecular flexibility index (Phi) is 4.45. The van der Waals surface area contributed by atoms with Crippen molar-refractivity contribution in [2.45, 2.75) is 39.0 Å². The van der Waals surface area contributed by atoms with Gasteiger partial charge in [0, 0.05) is 19.8 Å². The first kappa shape index (κ1) is 11.4. The molecule has 2 rings (SSSR count). The van der Waals surface area contributed by atoms with Crippen molar-refractivity contribution >= 4 is 0 Å². The van der Waals surface area contributed by atoms with Crippen LogP contribution < -0.4 is 0 Å². The van der Waals surface area contributed by atoms with Gasteiger partial charge in [-0.2, -0.15) is 0 Å². The van der Waals surface area contributed by atoms with Gasteiger partial charge in [-0.15, -0.1) is 0 Å². The van der Waals surface area contributed by atoms with Crippen molar-refractivity contribution in [3.8, 4) is 0 Å². The first-order valence-corrected chi connectivity index (χ1v) is 6.64. The third kappa shape index (κ3) is 3.76. The molecule has 0 unspecified atom stereocenters. The first-order chi connectivity index (χ1) is 7.34. The van der Waals surface area contributed by atoms with E-state index in [0.29, 0.717) is 0 Å². The van der Waals surface area contributed by atoms with Gasteiger partial charge in [-0.05, 0) is 57.0 Å². The summed E-state index contributed by atoms with van der Waals surface area (Å²) in [4.78, 5) is 2.67. The summed E-state index contributed by atoms with van der Waals surface area (Å²) >= 11 is 0. The Bertz CT molecular complexity index is 177. The van der Waals surface area contributed by atoms with Crippen LogP contribution in [0.3, 0.4) is 0 Å². The topological polar surface area (TPSA) is 12.5 Å². The van der Waals surface area contributed by atoms with Crippen LogP contribution in [0.25, 0.3) is 0 Å². The molecule has 1 atom stereocenters. The number of ether oxygens (including phenoxy) is 1. The minimum atomic E-state index is 0.924. The van der Waals surface area contributed by atoms with Gasteiger partial charge in [0.15, 0.2) is 0 Å². The molecule has 0 spiro atoms. The molecule has 2 saturated heterocycles. The molecule has 15 heavy (non-hydrogen) atoms. The van der Waals surface area contributed by atoms with Crippen LogP contribution in [-0.4, -0.2) is 37.7 Å². The fourth-order valence-electron chi connectivity index (χ4n) is 2.89. The smallest absolute Gasteiger partial charge is 0.0468 e. The van der Waals surface area contributed by atoms with Crippen LogP contribution in [0, 0.1) is 11.8 Å². The predicted molar refractivity (Wildman–Crippen MR) is 63.0 cm³/mol. The zero-order valence-electron chi connectivity index (χ0n) is 10.1. The molecule has 2 heterocycles. The van der Waals surface area contributed by atoms with Crippen LogP contribution in [0.4, 0.5) is 0 Å². The van der Waals surface area contributed by atoms with E-state index < -0.39 is 0 Å². The number of rotatable bonds is 3. The summed E-state index contributed by atoms with van der Waals surface area (Å²) in [7, 11) is 0. The molecule has 2 aliphatic heterocycles. The van der Waals surface area contributed by atoms with E-state index in [1.165, 1.54) is 51.7 Å². The standard InChI is InChI=1S/C13H25NO/c1-12-3-2-7-14(11-12)8-4-13-5-9-15-10-6-13/h12-13H,2-11H2,1H3/t12-/m0/s1. The summed E-state index contributed by atoms with van der Waals surface area (Å²) in [6, 6.07) is 0. The number of nitrogens with zero attached hydrogens (tertiary/aromatic N) is 1. The number of likely N-dealkylation sites (tertiary alicyclic amines) is 1. The van der Waals surface area contributed by atoms with E-state index in [1.807, 2.05) is 0 Å². The monoisotopic (exact) mass is 211 g/mol. The van der Waals surface area contributed by atoms with Gasteiger partial charge in [-0.1, -0.05) is 6.92 Å². The fourth-order valence-corrected chi connectivity index (χ4v) is 2.89. The Hall–Kier alpha value is -0.0800. The molecular weight excluding hydrogens is 186 g/mol. The zero-order chi connectivity index (χ0) is 10.5. The highest BCUT2D eigenvalue weighted by Crippen LogP contribution is 2.21. The van der Waals surface area contributed by atoms with Gasteiger partial charge in [0.05, 0.1) is 0 Å². The molecule has 0 aromatic heterocycles. The van der Waals surface area contributed by atoms with E-state index in [-0.39, 0.29) is 0 Å². The molecule has 0 aromatic carbocycles. The minimum absolute atomic E-state index is 0.924. The molecule has 0 saturated carbocycles. The maximum Gasteiger partial charge on any atom is 0.0468 e. The molecule has 0 amide bonds. The van der Waals surface area contributed by atoms with Crippen LogP contribution >= 0.6 is 0 Å². The molecular formula is C13H25NO. The van der Waals surface area contributed by atoms with E-state index in [9.17, 15) is 0 Å². The number of piperidine rings is 1. The normalized spacial score (nSPS) is 30.6. The third-order valence-electron chi connectivity index (χ3n) is 3.94. The van der Waals surface area contributed by atoms with E-state index in [4.69, 9.17) is 4.74 Å². The summed E-state index contributed by atoms with van der Waals surface area (Å²) < 4.78 is 5.39. The number of hydrogen-bond acceptors (Lipinski definition) is 2. The second-order valence-corrected chi connectivity index (χ2v) is 5.39. The van der Waals surface area contributed by atoms with Gasteiger partial charge in [0.1, 0.15) is 0 Å². The highest BCUT2D eigenvalue weighted by molar-refractivity contribution is 4.72. The lowest BCUT2D eigenvalue weighted by Gasteiger charge is -2.32. The molecule has 0 radical (unpaired) electrons. The molecule has 2 nitrogen and oxygen atoms in total. The summed E-state index contributed by atoms with van der Waals surface area (Å²) in [6.07, 6.45) is 6.84. The van der Waals surface area contributed by atoms with Gasteiger partial charge in [0.2, 0.25) is 0 Å². The summed E-state index contributed by atoms with van der Waals surface area (Å²) in [5.74, 6) is 1.87. The van der Waals surface area contributed by atoms with Crippen molar-refractivity contribution in [1.82, 2.24) is 4.90 Å². The maximum atomic E-state index is 5.39. The van der Waals surface area contributed by atoms with Crippen LogP contribution in [0.15, 0.2) is 0 Å². The lowest BCUT2D eigenvalue weighted by molar-refractivity contribution is 0.0579. The van der Waals surface area contributed by atoms with E-state index >= 15 is 0 Å². The highest BCUT2D eigenvalue weighted by atomic mass is 16.5. The highest BCUT2D eigenvalue weighted by Gasteiger charge is 2.18. The lowest BCUT2D eigenvalue weighted by atomic mass is 9.95. The average Bonchev–Trinajstić information content (AvgIpc) is 2.28. The average molecular weight is 211 g/mol. The maximum absolute atomic E-state index is 5.39. The minimum Gasteiger partial charge on any atom is -0.381 e. The van der Waals surface area contributed by atoms with Crippen molar-refractivity contribution in [1.29, 1.82) is 0 Å². The molecule has 2 heteroatoms. The van der Waals surface area contributed by atoms with Crippen LogP contribution in [0.2, 0.25) is 0 Å². The van der Waals surface area contributed by atoms with Crippen molar-refractivity contribution in [2.75, 3.05) is 32.8 Å². The Balaban J connectivity index is 1.63. The SMILES string of the molecule is C[C@H]1CCCN(CCC2CCOCC2)C1. The third-order valence-corrected chi connectivity index (χ3v) is 3.94. The quantitative estimate of drug-likeness (QED) is 0.711. The second kappa shape index (κ2) is 5.86. The summed E-state index contributed by atoms with van der Waals surface area (Å²) in [6.45, 7) is 8.40. The van der Waals surface area contributed by atoms with E-state index in [0.717, 1.165) is 25.0 Å².